The highest BCUT2D eigenvalue weighted by molar-refractivity contribution is 9.10. The van der Waals surface area contributed by atoms with Crippen LogP contribution in [-0.2, 0) is 0 Å². The van der Waals surface area contributed by atoms with Gasteiger partial charge in [0.15, 0.2) is 5.78 Å². The normalized spacial score (nSPS) is 16.8. The number of hydrogen-bond acceptors (Lipinski definition) is 2. The van der Waals surface area contributed by atoms with Gasteiger partial charge in [0.2, 0.25) is 0 Å². The van der Waals surface area contributed by atoms with Gasteiger partial charge < -0.3 is 5.73 Å². The van der Waals surface area contributed by atoms with Crippen LogP contribution in [0.25, 0.3) is 0 Å². The first-order valence-corrected chi connectivity index (χ1v) is 7.54. The summed E-state index contributed by atoms with van der Waals surface area (Å²) in [5, 5.41) is 0. The first-order valence-electron chi connectivity index (χ1n) is 6.75. The van der Waals surface area contributed by atoms with Gasteiger partial charge in [0.1, 0.15) is 0 Å². The van der Waals surface area contributed by atoms with Gasteiger partial charge in [-0.15, -0.1) is 0 Å². The first kappa shape index (κ1) is 13.8. The summed E-state index contributed by atoms with van der Waals surface area (Å²) in [7, 11) is 0. The van der Waals surface area contributed by atoms with Crippen LogP contribution in [0.2, 0.25) is 0 Å². The third-order valence-corrected chi connectivity index (χ3v) is 4.43. The molecule has 0 radical (unpaired) electrons. The third-order valence-electron chi connectivity index (χ3n) is 3.74. The van der Waals surface area contributed by atoms with Crippen LogP contribution in [0.3, 0.4) is 0 Å². The minimum absolute atomic E-state index is 0.133. The molecule has 2 N–H and O–H groups in total. The molecule has 0 saturated heterocycles. The standard InChI is InChI=1S/C15H20BrNO/c16-14-10-12(15(18)8-9-17)6-7-13(14)11-4-2-1-3-5-11/h6-7,10-11H,1-5,8-9,17H2. The zero-order valence-electron chi connectivity index (χ0n) is 10.6. The topological polar surface area (TPSA) is 43.1 Å². The molecule has 1 aliphatic carbocycles. The van der Waals surface area contributed by atoms with Crippen LogP contribution in [0.5, 0.6) is 0 Å². The molecule has 0 unspecified atom stereocenters. The van der Waals surface area contributed by atoms with Crippen LogP contribution in [0.1, 0.15) is 60.4 Å². The Balaban J connectivity index is 2.16. The number of carbonyl (C=O) groups excluding carboxylic acids is 1. The van der Waals surface area contributed by atoms with Crippen molar-refractivity contribution in [2.24, 2.45) is 5.73 Å². The Labute approximate surface area is 117 Å². The van der Waals surface area contributed by atoms with E-state index >= 15 is 0 Å². The Bertz CT molecular complexity index is 425. The molecule has 0 bridgehead atoms. The Morgan fingerprint density at radius 2 is 2.00 bits per heavy atom. The Hall–Kier alpha value is -0.670. The summed E-state index contributed by atoms with van der Waals surface area (Å²) in [5.74, 6) is 0.792. The minimum Gasteiger partial charge on any atom is -0.330 e. The van der Waals surface area contributed by atoms with E-state index in [4.69, 9.17) is 5.73 Å². The smallest absolute Gasteiger partial charge is 0.164 e. The van der Waals surface area contributed by atoms with E-state index in [0.29, 0.717) is 18.9 Å². The Morgan fingerprint density at radius 1 is 1.28 bits per heavy atom. The molecular weight excluding hydrogens is 290 g/mol. The monoisotopic (exact) mass is 309 g/mol. The van der Waals surface area contributed by atoms with Crippen LogP contribution >= 0.6 is 15.9 Å². The summed E-state index contributed by atoms with van der Waals surface area (Å²) in [6.45, 7) is 0.417. The van der Waals surface area contributed by atoms with Gasteiger partial charge in [0.25, 0.3) is 0 Å². The molecule has 1 saturated carbocycles. The van der Waals surface area contributed by atoms with E-state index in [1.165, 1.54) is 37.7 Å². The second-order valence-electron chi connectivity index (χ2n) is 5.03. The quantitative estimate of drug-likeness (QED) is 0.853. The third kappa shape index (κ3) is 3.21. The maximum atomic E-state index is 11.8. The van der Waals surface area contributed by atoms with E-state index in [2.05, 4.69) is 22.0 Å². The average molecular weight is 310 g/mol. The zero-order valence-corrected chi connectivity index (χ0v) is 12.2. The number of halogens is 1. The fourth-order valence-electron chi connectivity index (χ4n) is 2.72. The second-order valence-corrected chi connectivity index (χ2v) is 5.89. The van der Waals surface area contributed by atoms with Gasteiger partial charge in [0, 0.05) is 16.5 Å². The van der Waals surface area contributed by atoms with E-state index in [0.717, 1.165) is 10.0 Å². The SMILES string of the molecule is NCCC(=O)c1ccc(C2CCCCC2)c(Br)c1. The van der Waals surface area contributed by atoms with Gasteiger partial charge in [-0.05, 0) is 36.9 Å². The van der Waals surface area contributed by atoms with Crippen LogP contribution in [0.4, 0.5) is 0 Å². The molecule has 0 aliphatic heterocycles. The van der Waals surface area contributed by atoms with Gasteiger partial charge in [-0.25, -0.2) is 0 Å². The number of Topliss-reactive ketones (excluding diaryl/α,β-unsaturated/α-hetero) is 1. The van der Waals surface area contributed by atoms with Gasteiger partial charge in [-0.3, -0.25) is 4.79 Å². The highest BCUT2D eigenvalue weighted by atomic mass is 79.9. The summed E-state index contributed by atoms with van der Waals surface area (Å²) >= 11 is 3.62. The zero-order chi connectivity index (χ0) is 13.0. The number of hydrogen-bond donors (Lipinski definition) is 1. The highest BCUT2D eigenvalue weighted by Gasteiger charge is 2.18. The van der Waals surface area contributed by atoms with Crippen molar-refractivity contribution in [3.63, 3.8) is 0 Å². The maximum absolute atomic E-state index is 11.8. The van der Waals surface area contributed by atoms with Crippen molar-refractivity contribution >= 4 is 21.7 Å². The molecule has 1 aliphatic rings. The van der Waals surface area contributed by atoms with Crippen molar-refractivity contribution in [3.8, 4) is 0 Å². The predicted octanol–water partition coefficient (Wildman–Crippen LogP) is 4.03. The van der Waals surface area contributed by atoms with Gasteiger partial charge in [-0.2, -0.15) is 0 Å². The van der Waals surface area contributed by atoms with Crippen LogP contribution in [0.15, 0.2) is 22.7 Å². The number of rotatable bonds is 4. The number of carbonyl (C=O) groups is 1. The molecule has 3 heteroatoms. The van der Waals surface area contributed by atoms with E-state index < -0.39 is 0 Å². The predicted molar refractivity (Wildman–Crippen MR) is 78.0 cm³/mol. The van der Waals surface area contributed by atoms with Crippen LogP contribution < -0.4 is 5.73 Å². The molecule has 2 nitrogen and oxygen atoms in total. The van der Waals surface area contributed by atoms with Gasteiger partial charge in [0.05, 0.1) is 0 Å². The summed E-state index contributed by atoms with van der Waals surface area (Å²) in [4.78, 5) is 11.8. The van der Waals surface area contributed by atoms with E-state index in [1.807, 2.05) is 12.1 Å². The minimum atomic E-state index is 0.133. The molecule has 0 heterocycles. The molecule has 0 aromatic heterocycles. The molecule has 18 heavy (non-hydrogen) atoms. The van der Waals surface area contributed by atoms with Crippen molar-refractivity contribution in [2.45, 2.75) is 44.4 Å². The van der Waals surface area contributed by atoms with Gasteiger partial charge in [-0.1, -0.05) is 47.3 Å². The molecule has 98 valence electrons. The lowest BCUT2D eigenvalue weighted by molar-refractivity contribution is 0.0985. The highest BCUT2D eigenvalue weighted by Crippen LogP contribution is 2.36. The summed E-state index contributed by atoms with van der Waals surface area (Å²) in [6.07, 6.45) is 6.98. The van der Waals surface area contributed by atoms with Crippen molar-refractivity contribution in [1.29, 1.82) is 0 Å². The Kier molecular flexibility index (Phi) is 4.95. The number of benzene rings is 1. The molecule has 0 spiro atoms. The number of ketones is 1. The largest absolute Gasteiger partial charge is 0.330 e. The van der Waals surface area contributed by atoms with E-state index in [1.54, 1.807) is 0 Å². The van der Waals surface area contributed by atoms with E-state index in [9.17, 15) is 4.79 Å². The maximum Gasteiger partial charge on any atom is 0.164 e. The van der Waals surface area contributed by atoms with Gasteiger partial charge >= 0.3 is 0 Å². The number of nitrogens with two attached hydrogens (primary N) is 1. The second kappa shape index (κ2) is 6.48. The average Bonchev–Trinajstić information content (AvgIpc) is 2.40. The summed E-state index contributed by atoms with van der Waals surface area (Å²) in [5.41, 5.74) is 7.55. The molecule has 0 amide bonds. The molecule has 1 aromatic carbocycles. The fourth-order valence-corrected chi connectivity index (χ4v) is 3.42. The molecular formula is C15H20BrNO. The molecule has 1 fully saturated rings. The van der Waals surface area contributed by atoms with Crippen molar-refractivity contribution in [3.05, 3.63) is 33.8 Å². The van der Waals surface area contributed by atoms with E-state index in [-0.39, 0.29) is 5.78 Å². The first-order chi connectivity index (χ1) is 8.72. The van der Waals surface area contributed by atoms with Crippen LogP contribution in [0, 0.1) is 0 Å². The summed E-state index contributed by atoms with van der Waals surface area (Å²) < 4.78 is 1.08. The van der Waals surface area contributed by atoms with Crippen molar-refractivity contribution in [1.82, 2.24) is 0 Å². The Morgan fingerprint density at radius 3 is 2.61 bits per heavy atom. The molecule has 2 rings (SSSR count). The fraction of sp³-hybridized carbons (Fsp3) is 0.533. The lowest BCUT2D eigenvalue weighted by Crippen LogP contribution is -2.09. The van der Waals surface area contributed by atoms with Crippen molar-refractivity contribution in [2.75, 3.05) is 6.54 Å². The lowest BCUT2D eigenvalue weighted by atomic mass is 9.84. The molecule has 1 aromatic rings. The van der Waals surface area contributed by atoms with Crippen LogP contribution in [-0.4, -0.2) is 12.3 Å². The summed E-state index contributed by atoms with van der Waals surface area (Å²) in [6, 6.07) is 6.03. The molecule has 0 atom stereocenters. The lowest BCUT2D eigenvalue weighted by Gasteiger charge is -2.23. The van der Waals surface area contributed by atoms with Crippen molar-refractivity contribution < 1.29 is 4.79 Å².